The molecule has 4 heterocycles. The molecule has 4 aromatic heterocycles. The SMILES string of the molecule is CCn1c(C)nc2ccc(-c3ccn4nc(NCC(C)(C)C(F)(F)F)ncc34)nc21. The van der Waals surface area contributed by atoms with Crippen LogP contribution in [0.4, 0.5) is 19.1 Å². The van der Waals surface area contributed by atoms with Gasteiger partial charge in [0.15, 0.2) is 5.65 Å². The normalized spacial score (nSPS) is 12.8. The van der Waals surface area contributed by atoms with Crippen LogP contribution in [-0.4, -0.2) is 41.9 Å². The molecule has 0 spiro atoms. The minimum absolute atomic E-state index is 0.130. The van der Waals surface area contributed by atoms with Crippen molar-refractivity contribution in [3.8, 4) is 11.3 Å². The third kappa shape index (κ3) is 3.35. The summed E-state index contributed by atoms with van der Waals surface area (Å²) in [5.41, 5.74) is 2.04. The first-order valence-corrected chi connectivity index (χ1v) is 9.60. The Bertz CT molecular complexity index is 1220. The Kier molecular flexibility index (Phi) is 4.67. The number of nitrogens with one attached hydrogen (secondary N) is 1. The fraction of sp³-hybridized carbons (Fsp3) is 0.400. The molecular weight excluding hydrogens is 395 g/mol. The van der Waals surface area contributed by atoms with Crippen molar-refractivity contribution in [2.24, 2.45) is 5.41 Å². The smallest absolute Gasteiger partial charge is 0.352 e. The van der Waals surface area contributed by atoms with E-state index in [-0.39, 0.29) is 12.5 Å². The van der Waals surface area contributed by atoms with Crippen molar-refractivity contribution in [1.29, 1.82) is 0 Å². The van der Waals surface area contributed by atoms with Crippen LogP contribution in [0, 0.1) is 12.3 Å². The monoisotopic (exact) mass is 417 g/mol. The first kappa shape index (κ1) is 20.1. The van der Waals surface area contributed by atoms with Crippen molar-refractivity contribution < 1.29 is 13.2 Å². The molecule has 0 saturated carbocycles. The Balaban J connectivity index is 1.65. The quantitative estimate of drug-likeness (QED) is 0.519. The van der Waals surface area contributed by atoms with Crippen molar-refractivity contribution >= 4 is 22.6 Å². The van der Waals surface area contributed by atoms with Gasteiger partial charge in [0.1, 0.15) is 11.3 Å². The molecule has 158 valence electrons. The van der Waals surface area contributed by atoms with Crippen LogP contribution in [0.2, 0.25) is 0 Å². The van der Waals surface area contributed by atoms with Crippen LogP contribution in [0.25, 0.3) is 27.9 Å². The van der Waals surface area contributed by atoms with Crippen molar-refractivity contribution in [1.82, 2.24) is 29.1 Å². The number of rotatable bonds is 5. The molecule has 0 aromatic carbocycles. The van der Waals surface area contributed by atoms with E-state index in [0.717, 1.165) is 48.6 Å². The maximum atomic E-state index is 13.0. The van der Waals surface area contributed by atoms with Gasteiger partial charge in [0, 0.05) is 24.8 Å². The highest BCUT2D eigenvalue weighted by molar-refractivity contribution is 5.82. The highest BCUT2D eigenvalue weighted by Gasteiger charge is 2.47. The number of pyridine rings is 1. The zero-order chi connectivity index (χ0) is 21.7. The van der Waals surface area contributed by atoms with E-state index in [9.17, 15) is 13.2 Å². The maximum Gasteiger partial charge on any atom is 0.395 e. The summed E-state index contributed by atoms with van der Waals surface area (Å²) in [6.45, 7) is 6.70. The summed E-state index contributed by atoms with van der Waals surface area (Å²) in [5.74, 6) is 1.03. The number of anilines is 1. The molecule has 0 atom stereocenters. The number of fused-ring (bicyclic) bond motifs is 2. The van der Waals surface area contributed by atoms with Gasteiger partial charge in [-0.3, -0.25) is 0 Å². The summed E-state index contributed by atoms with van der Waals surface area (Å²) in [6, 6.07) is 5.68. The van der Waals surface area contributed by atoms with E-state index in [2.05, 4.69) is 20.4 Å². The van der Waals surface area contributed by atoms with Crippen LogP contribution < -0.4 is 5.32 Å². The maximum absolute atomic E-state index is 13.0. The first-order valence-electron chi connectivity index (χ1n) is 9.60. The van der Waals surface area contributed by atoms with Gasteiger partial charge < -0.3 is 9.88 Å². The lowest BCUT2D eigenvalue weighted by Gasteiger charge is -2.27. The Morgan fingerprint density at radius 1 is 1.10 bits per heavy atom. The third-order valence-electron chi connectivity index (χ3n) is 5.25. The van der Waals surface area contributed by atoms with Gasteiger partial charge in [-0.1, -0.05) is 0 Å². The lowest BCUT2D eigenvalue weighted by molar-refractivity contribution is -0.206. The summed E-state index contributed by atoms with van der Waals surface area (Å²) in [6.07, 6.45) is -1.00. The molecule has 0 aliphatic carbocycles. The molecule has 0 fully saturated rings. The Morgan fingerprint density at radius 3 is 2.57 bits per heavy atom. The van der Waals surface area contributed by atoms with Gasteiger partial charge in [-0.25, -0.2) is 19.5 Å². The zero-order valence-corrected chi connectivity index (χ0v) is 17.1. The van der Waals surface area contributed by atoms with E-state index in [1.54, 1.807) is 16.9 Å². The van der Waals surface area contributed by atoms with Gasteiger partial charge >= 0.3 is 6.18 Å². The molecule has 0 saturated heterocycles. The standard InChI is InChI=1S/C20H22F3N7/c1-5-29-12(2)26-15-7-6-14(27-17(15)29)13-8-9-30-16(13)10-24-18(28-30)25-11-19(3,4)20(21,22)23/h6-10H,5,11H2,1-4H3,(H,25,28). The van der Waals surface area contributed by atoms with Crippen LogP contribution in [0.3, 0.4) is 0 Å². The molecule has 0 radical (unpaired) electrons. The zero-order valence-electron chi connectivity index (χ0n) is 17.1. The van der Waals surface area contributed by atoms with Crippen LogP contribution in [0.5, 0.6) is 0 Å². The van der Waals surface area contributed by atoms with Gasteiger partial charge in [0.05, 0.1) is 22.8 Å². The predicted molar refractivity (Wildman–Crippen MR) is 108 cm³/mol. The van der Waals surface area contributed by atoms with E-state index in [4.69, 9.17) is 4.98 Å². The van der Waals surface area contributed by atoms with Crippen LogP contribution in [0.1, 0.15) is 26.6 Å². The number of halogens is 3. The van der Waals surface area contributed by atoms with Crippen molar-refractivity contribution in [2.75, 3.05) is 11.9 Å². The van der Waals surface area contributed by atoms with Gasteiger partial charge in [-0.05, 0) is 45.9 Å². The second kappa shape index (κ2) is 6.96. The summed E-state index contributed by atoms with van der Waals surface area (Å²) >= 11 is 0. The van der Waals surface area contributed by atoms with Gasteiger partial charge in [-0.2, -0.15) is 13.2 Å². The van der Waals surface area contributed by atoms with Gasteiger partial charge in [-0.15, -0.1) is 5.10 Å². The second-order valence-corrected chi connectivity index (χ2v) is 7.82. The fourth-order valence-corrected chi connectivity index (χ4v) is 3.24. The summed E-state index contributed by atoms with van der Waals surface area (Å²) in [5, 5.41) is 6.97. The molecule has 1 N–H and O–H groups in total. The topological polar surface area (TPSA) is 72.9 Å². The number of hydrogen-bond acceptors (Lipinski definition) is 5. The lowest BCUT2D eigenvalue weighted by atomic mass is 9.93. The number of alkyl halides is 3. The molecule has 0 aliphatic rings. The largest absolute Gasteiger partial charge is 0.395 e. The number of imidazole rings is 1. The Labute approximate surface area is 171 Å². The molecule has 10 heteroatoms. The van der Waals surface area contributed by atoms with E-state index >= 15 is 0 Å². The van der Waals surface area contributed by atoms with Crippen LogP contribution in [0.15, 0.2) is 30.6 Å². The highest BCUT2D eigenvalue weighted by Crippen LogP contribution is 2.37. The van der Waals surface area contributed by atoms with Crippen molar-refractivity contribution in [3.05, 3.63) is 36.4 Å². The van der Waals surface area contributed by atoms with Crippen molar-refractivity contribution in [2.45, 2.75) is 40.4 Å². The summed E-state index contributed by atoms with van der Waals surface area (Å²) in [4.78, 5) is 13.5. The molecule has 4 aromatic rings. The molecule has 0 amide bonds. The van der Waals surface area contributed by atoms with E-state index in [1.165, 1.54) is 0 Å². The van der Waals surface area contributed by atoms with Crippen LogP contribution in [-0.2, 0) is 6.54 Å². The number of hydrogen-bond donors (Lipinski definition) is 1. The second-order valence-electron chi connectivity index (χ2n) is 7.82. The van der Waals surface area contributed by atoms with E-state index < -0.39 is 11.6 Å². The summed E-state index contributed by atoms with van der Waals surface area (Å²) < 4.78 is 42.8. The fourth-order valence-electron chi connectivity index (χ4n) is 3.24. The molecule has 4 rings (SSSR count). The van der Waals surface area contributed by atoms with Crippen LogP contribution >= 0.6 is 0 Å². The van der Waals surface area contributed by atoms with E-state index in [0.29, 0.717) is 5.52 Å². The number of aryl methyl sites for hydroxylation is 2. The van der Waals surface area contributed by atoms with E-state index in [1.807, 2.05) is 36.6 Å². The van der Waals surface area contributed by atoms with Crippen molar-refractivity contribution in [3.63, 3.8) is 0 Å². The Hall–Kier alpha value is -3.17. The minimum Gasteiger partial charge on any atom is -0.352 e. The lowest BCUT2D eigenvalue weighted by Crippen LogP contribution is -2.38. The molecule has 0 unspecified atom stereocenters. The van der Waals surface area contributed by atoms with Gasteiger partial charge in [0.2, 0.25) is 5.95 Å². The Morgan fingerprint density at radius 2 is 1.87 bits per heavy atom. The molecule has 7 nitrogen and oxygen atoms in total. The molecule has 0 bridgehead atoms. The molecule has 0 aliphatic heterocycles. The minimum atomic E-state index is -4.32. The predicted octanol–water partition coefficient (Wildman–Crippen LogP) is 4.47. The number of nitrogens with zero attached hydrogens (tertiary/aromatic N) is 6. The number of aromatic nitrogens is 6. The highest BCUT2D eigenvalue weighted by atomic mass is 19.4. The third-order valence-corrected chi connectivity index (χ3v) is 5.25. The molecule has 30 heavy (non-hydrogen) atoms. The average molecular weight is 417 g/mol. The molecular formula is C20H22F3N7. The van der Waals surface area contributed by atoms with Gasteiger partial charge in [0.25, 0.3) is 0 Å². The average Bonchev–Trinajstić information content (AvgIpc) is 3.24. The first-order chi connectivity index (χ1) is 14.1. The summed E-state index contributed by atoms with van der Waals surface area (Å²) in [7, 11) is 0.